The van der Waals surface area contributed by atoms with E-state index in [2.05, 4.69) is 16.9 Å². The molecule has 2 aliphatic rings. The van der Waals surface area contributed by atoms with E-state index in [0.29, 0.717) is 30.0 Å². The molecule has 0 saturated carbocycles. The first-order chi connectivity index (χ1) is 15.1. The molecule has 0 N–H and O–H groups in total. The van der Waals surface area contributed by atoms with Crippen LogP contribution in [0.4, 0.5) is 0 Å². The van der Waals surface area contributed by atoms with Gasteiger partial charge in [-0.25, -0.2) is 9.97 Å². The fraction of sp³-hybridized carbons (Fsp3) is 0.478. The van der Waals surface area contributed by atoms with Crippen molar-refractivity contribution in [2.24, 2.45) is 0 Å². The van der Waals surface area contributed by atoms with Gasteiger partial charge in [0.2, 0.25) is 0 Å². The van der Waals surface area contributed by atoms with Gasteiger partial charge in [0.25, 0.3) is 11.8 Å². The summed E-state index contributed by atoms with van der Waals surface area (Å²) in [6.45, 7) is 4.25. The number of hydrogen-bond donors (Lipinski definition) is 0. The first kappa shape index (κ1) is 19.8. The van der Waals surface area contributed by atoms with Crippen LogP contribution in [0.25, 0.3) is 5.65 Å². The first-order valence-electron chi connectivity index (χ1n) is 11.1. The highest BCUT2D eigenvalue weighted by Gasteiger charge is 2.30. The summed E-state index contributed by atoms with van der Waals surface area (Å²) in [5.41, 5.74) is 2.74. The number of nitrogens with zero attached hydrogens (tertiary/aromatic N) is 5. The van der Waals surface area contributed by atoms with Gasteiger partial charge in [0.1, 0.15) is 12.6 Å². The topological polar surface area (TPSA) is 84.0 Å². The second-order valence-corrected chi connectivity index (χ2v) is 8.58. The van der Waals surface area contributed by atoms with E-state index in [1.54, 1.807) is 18.6 Å². The molecule has 0 aliphatic carbocycles. The zero-order valence-electron chi connectivity index (χ0n) is 17.7. The molecule has 0 unspecified atom stereocenters. The molecule has 0 aromatic carbocycles. The summed E-state index contributed by atoms with van der Waals surface area (Å²) in [7, 11) is 0. The number of imidazole rings is 1. The number of furan rings is 1. The van der Waals surface area contributed by atoms with Crippen LogP contribution in [-0.2, 0) is 0 Å². The maximum absolute atomic E-state index is 13.2. The summed E-state index contributed by atoms with van der Waals surface area (Å²) in [6.07, 6.45) is 11.5. The second kappa shape index (κ2) is 8.17. The highest BCUT2D eigenvalue weighted by molar-refractivity contribution is 5.98. The number of likely N-dealkylation sites (tertiary alicyclic amines) is 2. The number of aromatic nitrogens is 3. The largest absolute Gasteiger partial charge is 0.472 e. The van der Waals surface area contributed by atoms with E-state index in [-0.39, 0.29) is 23.8 Å². The molecule has 1 atom stereocenters. The predicted molar refractivity (Wildman–Crippen MR) is 114 cm³/mol. The lowest BCUT2D eigenvalue weighted by Crippen LogP contribution is -2.42. The SMILES string of the molecule is C[C@@H]1CCCCN1C(=O)c1ncn2c(C3CCN(C(=O)c4ccoc4)CC3)ccnc12. The molecule has 5 heterocycles. The second-order valence-electron chi connectivity index (χ2n) is 8.58. The number of amides is 2. The molecule has 0 radical (unpaired) electrons. The fourth-order valence-corrected chi connectivity index (χ4v) is 4.89. The molecule has 8 heteroatoms. The van der Waals surface area contributed by atoms with Crippen LogP contribution in [0.15, 0.2) is 41.6 Å². The Hall–Kier alpha value is -3.16. The highest BCUT2D eigenvalue weighted by Crippen LogP contribution is 2.30. The summed E-state index contributed by atoms with van der Waals surface area (Å²) in [4.78, 5) is 38.5. The minimum Gasteiger partial charge on any atom is -0.472 e. The highest BCUT2D eigenvalue weighted by atomic mass is 16.3. The number of carbonyl (C=O) groups is 2. The first-order valence-corrected chi connectivity index (χ1v) is 11.1. The number of piperidine rings is 2. The Bertz CT molecular complexity index is 1080. The molecule has 5 rings (SSSR count). The fourth-order valence-electron chi connectivity index (χ4n) is 4.89. The van der Waals surface area contributed by atoms with Gasteiger partial charge >= 0.3 is 0 Å². The third-order valence-corrected chi connectivity index (χ3v) is 6.70. The Morgan fingerprint density at radius 1 is 1.03 bits per heavy atom. The minimum atomic E-state index is -0.0279. The van der Waals surface area contributed by atoms with Gasteiger partial charge in [-0.3, -0.25) is 14.0 Å². The summed E-state index contributed by atoms with van der Waals surface area (Å²) >= 11 is 0. The van der Waals surface area contributed by atoms with Gasteiger partial charge < -0.3 is 14.2 Å². The van der Waals surface area contributed by atoms with Crippen molar-refractivity contribution in [3.63, 3.8) is 0 Å². The number of hydrogen-bond acceptors (Lipinski definition) is 5. The van der Waals surface area contributed by atoms with Crippen LogP contribution in [0.2, 0.25) is 0 Å². The van der Waals surface area contributed by atoms with Gasteiger partial charge in [0.15, 0.2) is 11.3 Å². The Balaban J connectivity index is 1.35. The molecular weight excluding hydrogens is 394 g/mol. The lowest BCUT2D eigenvalue weighted by Gasteiger charge is -2.33. The Labute approximate surface area is 180 Å². The molecule has 3 aromatic heterocycles. The molecule has 2 fully saturated rings. The molecule has 8 nitrogen and oxygen atoms in total. The maximum atomic E-state index is 13.2. The zero-order valence-corrected chi connectivity index (χ0v) is 17.7. The number of fused-ring (bicyclic) bond motifs is 1. The van der Waals surface area contributed by atoms with Crippen LogP contribution in [0.5, 0.6) is 0 Å². The molecule has 3 aromatic rings. The summed E-state index contributed by atoms with van der Waals surface area (Å²) in [6, 6.07) is 3.94. The molecule has 2 saturated heterocycles. The van der Waals surface area contributed by atoms with Crippen molar-refractivity contribution in [2.75, 3.05) is 19.6 Å². The van der Waals surface area contributed by atoms with Gasteiger partial charge in [-0.15, -0.1) is 0 Å². The van der Waals surface area contributed by atoms with Gasteiger partial charge in [-0.1, -0.05) is 0 Å². The van der Waals surface area contributed by atoms with Crippen molar-refractivity contribution in [1.82, 2.24) is 24.2 Å². The standard InChI is InChI=1S/C23H27N5O3/c1-16-4-2-3-10-27(16)23(30)20-21-24-9-5-19(28(21)15-25-20)17-6-11-26(12-7-17)22(29)18-8-13-31-14-18/h5,8-9,13-17H,2-4,6-7,10-12H2,1H3/t16-/m1/s1. The Kier molecular flexibility index (Phi) is 5.21. The minimum absolute atomic E-state index is 0.0123. The Morgan fingerprint density at radius 2 is 1.87 bits per heavy atom. The predicted octanol–water partition coefficient (Wildman–Crippen LogP) is 3.36. The Morgan fingerprint density at radius 3 is 2.61 bits per heavy atom. The third-order valence-electron chi connectivity index (χ3n) is 6.70. The van der Waals surface area contributed by atoms with Crippen LogP contribution in [0.1, 0.15) is 71.5 Å². The van der Waals surface area contributed by atoms with E-state index < -0.39 is 0 Å². The normalized spacial score (nSPS) is 20.4. The van der Waals surface area contributed by atoms with E-state index in [0.717, 1.165) is 37.9 Å². The molecule has 162 valence electrons. The molecular formula is C23H27N5O3. The molecule has 0 spiro atoms. The number of rotatable bonds is 3. The van der Waals surface area contributed by atoms with Gasteiger partial charge in [0, 0.05) is 43.5 Å². The van der Waals surface area contributed by atoms with Gasteiger partial charge in [-0.2, -0.15) is 0 Å². The van der Waals surface area contributed by atoms with Crippen LogP contribution in [0, 0.1) is 0 Å². The monoisotopic (exact) mass is 421 g/mol. The van der Waals surface area contributed by atoms with Crippen molar-refractivity contribution in [3.8, 4) is 0 Å². The van der Waals surface area contributed by atoms with Gasteiger partial charge in [-0.05, 0) is 51.2 Å². The third kappa shape index (κ3) is 3.60. The van der Waals surface area contributed by atoms with Crippen molar-refractivity contribution in [1.29, 1.82) is 0 Å². The van der Waals surface area contributed by atoms with E-state index in [4.69, 9.17) is 4.42 Å². The van der Waals surface area contributed by atoms with Crippen molar-refractivity contribution in [2.45, 2.75) is 51.0 Å². The molecule has 2 aliphatic heterocycles. The van der Waals surface area contributed by atoms with E-state index in [1.807, 2.05) is 20.3 Å². The van der Waals surface area contributed by atoms with Crippen LogP contribution >= 0.6 is 0 Å². The summed E-state index contributed by atoms with van der Waals surface area (Å²) < 4.78 is 7.00. The zero-order chi connectivity index (χ0) is 21.4. The van der Waals surface area contributed by atoms with Crippen LogP contribution < -0.4 is 0 Å². The van der Waals surface area contributed by atoms with Crippen LogP contribution in [-0.4, -0.2) is 61.7 Å². The quantitative estimate of drug-likeness (QED) is 0.648. The number of carbonyl (C=O) groups excluding carboxylic acids is 2. The van der Waals surface area contributed by atoms with E-state index in [9.17, 15) is 9.59 Å². The average molecular weight is 422 g/mol. The molecule has 31 heavy (non-hydrogen) atoms. The smallest absolute Gasteiger partial charge is 0.276 e. The maximum Gasteiger partial charge on any atom is 0.276 e. The van der Waals surface area contributed by atoms with Gasteiger partial charge in [0.05, 0.1) is 11.8 Å². The lowest BCUT2D eigenvalue weighted by atomic mass is 9.93. The van der Waals surface area contributed by atoms with Crippen molar-refractivity contribution < 1.29 is 14.0 Å². The van der Waals surface area contributed by atoms with Crippen LogP contribution in [0.3, 0.4) is 0 Å². The lowest BCUT2D eigenvalue weighted by molar-refractivity contribution is 0.0631. The van der Waals surface area contributed by atoms with Crippen molar-refractivity contribution in [3.05, 3.63) is 54.1 Å². The molecule has 0 bridgehead atoms. The van der Waals surface area contributed by atoms with E-state index >= 15 is 0 Å². The average Bonchev–Trinajstić information content (AvgIpc) is 3.49. The molecule has 2 amide bonds. The van der Waals surface area contributed by atoms with E-state index in [1.165, 1.54) is 18.9 Å². The summed E-state index contributed by atoms with van der Waals surface area (Å²) in [5.74, 6) is 0.267. The summed E-state index contributed by atoms with van der Waals surface area (Å²) in [5, 5.41) is 0. The van der Waals surface area contributed by atoms with Crippen molar-refractivity contribution >= 4 is 17.5 Å².